The molecule has 1 atom stereocenters. The topological polar surface area (TPSA) is 38.8 Å². The van der Waals surface area contributed by atoms with Crippen LogP contribution in [0.25, 0.3) is 0 Å². The molecule has 0 N–H and O–H groups in total. The third kappa shape index (κ3) is 5.37. The van der Waals surface area contributed by atoms with Crippen LogP contribution in [0.5, 0.6) is 0 Å². The van der Waals surface area contributed by atoms with E-state index in [1.54, 1.807) is 17.0 Å². The number of hydrogen-bond acceptors (Lipinski definition) is 3. The zero-order valence-electron chi connectivity index (χ0n) is 15.9. The largest absolute Gasteiger partial charge is 0.374 e. The molecule has 0 aliphatic carbocycles. The highest BCUT2D eigenvalue weighted by Crippen LogP contribution is 2.16. The van der Waals surface area contributed by atoms with Gasteiger partial charge in [-0.25, -0.2) is 4.39 Å². The van der Waals surface area contributed by atoms with E-state index < -0.39 is 0 Å². The number of amides is 1. The summed E-state index contributed by atoms with van der Waals surface area (Å²) in [6.07, 6.45) is 0.0628. The molecule has 3 rings (SSSR count). The molecule has 4 nitrogen and oxygen atoms in total. The van der Waals surface area contributed by atoms with E-state index in [2.05, 4.69) is 26.0 Å². The Morgan fingerprint density at radius 2 is 1.96 bits per heavy atom. The van der Waals surface area contributed by atoms with Gasteiger partial charge in [-0.2, -0.15) is 0 Å². The first-order chi connectivity index (χ1) is 13.0. The van der Waals surface area contributed by atoms with Crippen molar-refractivity contribution >= 4 is 5.91 Å². The van der Waals surface area contributed by atoms with Gasteiger partial charge in [0.05, 0.1) is 32.3 Å². The summed E-state index contributed by atoms with van der Waals surface area (Å²) in [6, 6.07) is 12.4. The van der Waals surface area contributed by atoms with E-state index in [1.807, 2.05) is 6.07 Å². The van der Waals surface area contributed by atoms with Crippen LogP contribution in [0.4, 0.5) is 4.39 Å². The summed E-state index contributed by atoms with van der Waals surface area (Å²) < 4.78 is 24.9. The van der Waals surface area contributed by atoms with Gasteiger partial charge in [0.2, 0.25) is 5.91 Å². The number of benzene rings is 2. The maximum atomic E-state index is 13.3. The van der Waals surface area contributed by atoms with Gasteiger partial charge in [0.15, 0.2) is 0 Å². The molecule has 0 saturated carbocycles. The standard InChI is InChI=1S/C22H26FNO3/c1-16-5-3-6-17(2)21(16)15-26-14-20-13-24(9-10-27-20)22(25)12-18-7-4-8-19(23)11-18/h3-8,11,20H,9-10,12-15H2,1-2H3. The van der Waals surface area contributed by atoms with Crippen LogP contribution in [0, 0.1) is 19.7 Å². The summed E-state index contributed by atoms with van der Waals surface area (Å²) in [7, 11) is 0. The number of hydrogen-bond donors (Lipinski definition) is 0. The lowest BCUT2D eigenvalue weighted by molar-refractivity contribution is -0.140. The lowest BCUT2D eigenvalue weighted by Gasteiger charge is -2.33. The zero-order chi connectivity index (χ0) is 19.2. The fourth-order valence-corrected chi connectivity index (χ4v) is 3.35. The molecule has 27 heavy (non-hydrogen) atoms. The third-order valence-corrected chi connectivity index (χ3v) is 4.93. The van der Waals surface area contributed by atoms with Crippen LogP contribution < -0.4 is 0 Å². The Labute approximate surface area is 159 Å². The van der Waals surface area contributed by atoms with Gasteiger partial charge < -0.3 is 14.4 Å². The highest BCUT2D eigenvalue weighted by Gasteiger charge is 2.24. The minimum Gasteiger partial charge on any atom is -0.374 e. The van der Waals surface area contributed by atoms with Crippen molar-refractivity contribution in [3.8, 4) is 0 Å². The van der Waals surface area contributed by atoms with Crippen molar-refractivity contribution in [3.63, 3.8) is 0 Å². The van der Waals surface area contributed by atoms with Gasteiger partial charge in [0.1, 0.15) is 5.82 Å². The molecule has 2 aromatic carbocycles. The van der Waals surface area contributed by atoms with E-state index >= 15 is 0 Å². The van der Waals surface area contributed by atoms with Crippen LogP contribution in [-0.4, -0.2) is 43.2 Å². The van der Waals surface area contributed by atoms with Gasteiger partial charge in [-0.05, 0) is 48.2 Å². The van der Waals surface area contributed by atoms with Crippen molar-refractivity contribution in [2.75, 3.05) is 26.3 Å². The molecule has 1 aliphatic heterocycles. The van der Waals surface area contributed by atoms with E-state index in [4.69, 9.17) is 9.47 Å². The highest BCUT2D eigenvalue weighted by atomic mass is 19.1. The maximum absolute atomic E-state index is 13.3. The quantitative estimate of drug-likeness (QED) is 0.781. The second kappa shape index (κ2) is 9.11. The average Bonchev–Trinajstić information content (AvgIpc) is 2.64. The van der Waals surface area contributed by atoms with E-state index in [0.29, 0.717) is 38.5 Å². The number of morpholine rings is 1. The van der Waals surface area contributed by atoms with Crippen molar-refractivity contribution in [2.24, 2.45) is 0 Å². The maximum Gasteiger partial charge on any atom is 0.227 e. The molecule has 0 bridgehead atoms. The summed E-state index contributed by atoms with van der Waals surface area (Å²) in [4.78, 5) is 14.3. The predicted molar refractivity (Wildman–Crippen MR) is 102 cm³/mol. The summed E-state index contributed by atoms with van der Waals surface area (Å²) >= 11 is 0. The molecule has 1 unspecified atom stereocenters. The number of aryl methyl sites for hydroxylation is 2. The van der Waals surface area contributed by atoms with Crippen molar-refractivity contribution in [2.45, 2.75) is 33.0 Å². The Balaban J connectivity index is 1.49. The Hall–Kier alpha value is -2.24. The summed E-state index contributed by atoms with van der Waals surface area (Å²) in [6.45, 7) is 6.69. The van der Waals surface area contributed by atoms with E-state index in [-0.39, 0.29) is 24.2 Å². The lowest BCUT2D eigenvalue weighted by Crippen LogP contribution is -2.47. The summed E-state index contributed by atoms with van der Waals surface area (Å²) in [5, 5.41) is 0. The second-order valence-electron chi connectivity index (χ2n) is 7.02. The Bertz CT molecular complexity index is 773. The van der Waals surface area contributed by atoms with Crippen LogP contribution in [0.15, 0.2) is 42.5 Å². The van der Waals surface area contributed by atoms with Gasteiger partial charge in [0.25, 0.3) is 0 Å². The fraction of sp³-hybridized carbons (Fsp3) is 0.409. The molecule has 0 radical (unpaired) electrons. The summed E-state index contributed by atoms with van der Waals surface area (Å²) in [5.74, 6) is -0.330. The molecule has 2 aromatic rings. The Morgan fingerprint density at radius 1 is 1.22 bits per heavy atom. The monoisotopic (exact) mass is 371 g/mol. The van der Waals surface area contributed by atoms with Crippen LogP contribution >= 0.6 is 0 Å². The van der Waals surface area contributed by atoms with E-state index in [9.17, 15) is 9.18 Å². The summed E-state index contributed by atoms with van der Waals surface area (Å²) in [5.41, 5.74) is 4.32. The molecule has 1 fully saturated rings. The second-order valence-corrected chi connectivity index (χ2v) is 7.02. The predicted octanol–water partition coefficient (Wildman–Crippen LogP) is 3.43. The molecule has 1 amide bonds. The lowest BCUT2D eigenvalue weighted by atomic mass is 10.0. The SMILES string of the molecule is Cc1cccc(C)c1COCC1CN(C(=O)Cc2cccc(F)c2)CCO1. The first-order valence-corrected chi connectivity index (χ1v) is 9.29. The van der Waals surface area contributed by atoms with Crippen molar-refractivity contribution in [1.82, 2.24) is 4.90 Å². The van der Waals surface area contributed by atoms with E-state index in [0.717, 1.165) is 0 Å². The van der Waals surface area contributed by atoms with Crippen LogP contribution in [0.2, 0.25) is 0 Å². The van der Waals surface area contributed by atoms with Crippen molar-refractivity contribution < 1.29 is 18.7 Å². The number of halogens is 1. The molecule has 144 valence electrons. The Kier molecular flexibility index (Phi) is 6.58. The molecule has 5 heteroatoms. The number of carbonyl (C=O) groups is 1. The van der Waals surface area contributed by atoms with E-state index in [1.165, 1.54) is 28.8 Å². The zero-order valence-corrected chi connectivity index (χ0v) is 15.9. The molecule has 1 saturated heterocycles. The molecule has 1 aliphatic rings. The van der Waals surface area contributed by atoms with Crippen molar-refractivity contribution in [1.29, 1.82) is 0 Å². The third-order valence-electron chi connectivity index (χ3n) is 4.93. The van der Waals surface area contributed by atoms with Gasteiger partial charge in [-0.15, -0.1) is 0 Å². The average molecular weight is 371 g/mol. The first-order valence-electron chi connectivity index (χ1n) is 9.29. The number of rotatable bonds is 6. The number of carbonyl (C=O) groups excluding carboxylic acids is 1. The minimum atomic E-state index is -0.319. The highest BCUT2D eigenvalue weighted by molar-refractivity contribution is 5.78. The van der Waals surface area contributed by atoms with Crippen LogP contribution in [0.1, 0.15) is 22.3 Å². The normalized spacial score (nSPS) is 17.1. The smallest absolute Gasteiger partial charge is 0.227 e. The number of nitrogens with zero attached hydrogens (tertiary/aromatic N) is 1. The molecule has 0 spiro atoms. The molecular formula is C22H26FNO3. The van der Waals surface area contributed by atoms with Crippen LogP contribution in [-0.2, 0) is 27.3 Å². The molecule has 1 heterocycles. The molecular weight excluding hydrogens is 345 g/mol. The minimum absolute atomic E-state index is 0.0105. The van der Waals surface area contributed by atoms with Gasteiger partial charge >= 0.3 is 0 Å². The van der Waals surface area contributed by atoms with Crippen LogP contribution in [0.3, 0.4) is 0 Å². The first kappa shape index (κ1) is 19.5. The van der Waals surface area contributed by atoms with Gasteiger partial charge in [0, 0.05) is 13.1 Å². The van der Waals surface area contributed by atoms with Gasteiger partial charge in [-0.3, -0.25) is 4.79 Å². The molecule has 0 aromatic heterocycles. The fourth-order valence-electron chi connectivity index (χ4n) is 3.35. The number of ether oxygens (including phenoxy) is 2. The van der Waals surface area contributed by atoms with Gasteiger partial charge in [-0.1, -0.05) is 30.3 Å². The Morgan fingerprint density at radius 3 is 2.70 bits per heavy atom. The van der Waals surface area contributed by atoms with Crippen molar-refractivity contribution in [3.05, 3.63) is 70.5 Å².